The van der Waals surface area contributed by atoms with Gasteiger partial charge >= 0.3 is 12.3 Å². The number of sulfonamides is 1. The quantitative estimate of drug-likeness (QED) is 0.294. The molecule has 2 aliphatic carbocycles. The van der Waals surface area contributed by atoms with Gasteiger partial charge in [0.2, 0.25) is 33.3 Å². The van der Waals surface area contributed by atoms with Crippen LogP contribution in [0.2, 0.25) is 0 Å². The Morgan fingerprint density at radius 1 is 1.09 bits per heavy atom. The maximum absolute atomic E-state index is 14.8. The van der Waals surface area contributed by atoms with Gasteiger partial charge in [0.15, 0.2) is 0 Å². The third-order valence-electron chi connectivity index (χ3n) is 11.5. The van der Waals surface area contributed by atoms with Crippen molar-refractivity contribution < 1.29 is 55.0 Å². The number of aromatic nitrogens is 1. The zero-order valence-electron chi connectivity index (χ0n) is 32.6. The summed E-state index contributed by atoms with van der Waals surface area (Å²) < 4.78 is 85.9. The van der Waals surface area contributed by atoms with E-state index >= 15 is 0 Å². The van der Waals surface area contributed by atoms with Gasteiger partial charge in [-0.1, -0.05) is 38.5 Å². The molecule has 1 aromatic heterocycles. The van der Waals surface area contributed by atoms with Crippen LogP contribution in [0.5, 0.6) is 11.6 Å². The highest BCUT2D eigenvalue weighted by molar-refractivity contribution is 7.91. The maximum Gasteiger partial charge on any atom is 0.427 e. The molecular weight excluding hydrogens is 772 g/mol. The van der Waals surface area contributed by atoms with Gasteiger partial charge in [0, 0.05) is 29.3 Å². The first-order chi connectivity index (χ1) is 26.8. The van der Waals surface area contributed by atoms with Crippen LogP contribution in [-0.2, 0) is 29.1 Å². The molecule has 7 atom stereocenters. The van der Waals surface area contributed by atoms with Gasteiger partial charge in [-0.3, -0.25) is 19.1 Å². The molecule has 18 heteroatoms. The Kier molecular flexibility index (Phi) is 11.8. The maximum atomic E-state index is 14.8. The van der Waals surface area contributed by atoms with Gasteiger partial charge in [0.25, 0.3) is 5.91 Å². The van der Waals surface area contributed by atoms with Crippen LogP contribution in [0, 0.1) is 17.8 Å². The number of alkyl carbamates (subject to hydrolysis) is 1. The lowest BCUT2D eigenvalue weighted by atomic mass is 9.85. The molecule has 1 aromatic carbocycles. The van der Waals surface area contributed by atoms with Crippen LogP contribution in [0.15, 0.2) is 42.6 Å². The number of allylic oxidation sites excluding steroid dienone is 1. The second-order valence-electron chi connectivity index (χ2n) is 16.1. The molecule has 0 spiro atoms. The zero-order chi connectivity index (χ0) is 41.5. The molecule has 4 aliphatic rings. The molecule has 312 valence electrons. The van der Waals surface area contributed by atoms with Crippen molar-refractivity contribution in [2.24, 2.45) is 17.8 Å². The first-order valence-electron chi connectivity index (χ1n) is 19.3. The lowest BCUT2D eigenvalue weighted by Gasteiger charge is -2.35. The van der Waals surface area contributed by atoms with Gasteiger partial charge in [-0.2, -0.15) is 13.2 Å². The van der Waals surface area contributed by atoms with Crippen molar-refractivity contribution in [1.82, 2.24) is 25.2 Å². The van der Waals surface area contributed by atoms with Crippen LogP contribution < -0.4 is 24.8 Å². The number of alkyl halides is 3. The molecule has 4 amide bonds. The van der Waals surface area contributed by atoms with Crippen molar-refractivity contribution in [2.45, 2.75) is 120 Å². The second kappa shape index (κ2) is 16.0. The first-order valence-corrected chi connectivity index (χ1v) is 20.8. The van der Waals surface area contributed by atoms with Gasteiger partial charge in [0.05, 0.1) is 18.9 Å². The molecule has 2 saturated carbocycles. The van der Waals surface area contributed by atoms with Crippen LogP contribution >= 0.6 is 0 Å². The number of hydrogen-bond donors (Lipinski definition) is 3. The summed E-state index contributed by atoms with van der Waals surface area (Å²) in [6.07, 6.45) is 0.690. The summed E-state index contributed by atoms with van der Waals surface area (Å²) in [4.78, 5) is 61.9. The molecule has 2 aliphatic heterocycles. The monoisotopic (exact) mass is 821 g/mol. The Hall–Kier alpha value is -4.61. The number of benzene rings is 1. The number of hydrogen-bond acceptors (Lipinski definition) is 10. The summed E-state index contributed by atoms with van der Waals surface area (Å²) in [5.41, 5.74) is -4.51. The van der Waals surface area contributed by atoms with Crippen LogP contribution in [0.25, 0.3) is 10.8 Å². The van der Waals surface area contributed by atoms with Crippen molar-refractivity contribution in [1.29, 1.82) is 0 Å². The Balaban J connectivity index is 1.37. The predicted molar refractivity (Wildman–Crippen MR) is 201 cm³/mol. The Morgan fingerprint density at radius 2 is 1.82 bits per heavy atom. The molecule has 0 bridgehead atoms. The largest absolute Gasteiger partial charge is 0.496 e. The smallest absolute Gasteiger partial charge is 0.427 e. The van der Waals surface area contributed by atoms with Gasteiger partial charge in [-0.05, 0) is 82.4 Å². The van der Waals surface area contributed by atoms with Crippen molar-refractivity contribution in [3.63, 3.8) is 0 Å². The van der Waals surface area contributed by atoms with Crippen molar-refractivity contribution >= 4 is 44.6 Å². The van der Waals surface area contributed by atoms with E-state index in [9.17, 15) is 40.8 Å². The highest BCUT2D eigenvalue weighted by atomic mass is 32.2. The van der Waals surface area contributed by atoms with E-state index in [-0.39, 0.29) is 31.2 Å². The minimum Gasteiger partial charge on any atom is -0.496 e. The number of rotatable bonds is 9. The number of amides is 4. The average molecular weight is 822 g/mol. The SMILES string of the molecule is CCC1CC(C)CCC=CC2CC2(C(=O)NS(=O)(=O)C2CC2)NC(=O)C2CC(Oc3nccc4c(OC)cccc34)CN2C(=O)C1NC(=O)OC(C)(C)C(F)(F)F. The van der Waals surface area contributed by atoms with Crippen molar-refractivity contribution in [2.75, 3.05) is 13.7 Å². The average Bonchev–Trinajstić information content (AvgIpc) is 4.07. The molecule has 14 nitrogen and oxygen atoms in total. The molecule has 3 heterocycles. The van der Waals surface area contributed by atoms with Crippen LogP contribution in [-0.4, -0.2) is 96.5 Å². The number of carbonyl (C=O) groups excluding carboxylic acids is 4. The summed E-state index contributed by atoms with van der Waals surface area (Å²) in [5, 5.41) is 5.81. The molecule has 3 N–H and O–H groups in total. The highest BCUT2D eigenvalue weighted by Gasteiger charge is 2.62. The summed E-state index contributed by atoms with van der Waals surface area (Å²) in [6.45, 7) is 4.95. The lowest BCUT2D eigenvalue weighted by Crippen LogP contribution is -2.59. The third kappa shape index (κ3) is 8.94. The predicted octanol–water partition coefficient (Wildman–Crippen LogP) is 4.91. The molecule has 6 rings (SSSR count). The fraction of sp³-hybridized carbons (Fsp3) is 0.615. The normalized spacial score (nSPS) is 28.6. The zero-order valence-corrected chi connectivity index (χ0v) is 33.4. The third-order valence-corrected chi connectivity index (χ3v) is 13.3. The number of fused-ring (bicyclic) bond motifs is 3. The second-order valence-corrected chi connectivity index (χ2v) is 18.1. The topological polar surface area (TPSA) is 182 Å². The number of nitrogens with one attached hydrogen (secondary N) is 3. The van der Waals surface area contributed by atoms with E-state index < -0.39 is 86.4 Å². The molecule has 1 saturated heterocycles. The van der Waals surface area contributed by atoms with Crippen LogP contribution in [0.3, 0.4) is 0 Å². The summed E-state index contributed by atoms with van der Waals surface area (Å²) >= 11 is 0. The number of pyridine rings is 1. The van der Waals surface area contributed by atoms with Crippen molar-refractivity contribution in [3.05, 3.63) is 42.6 Å². The number of halogens is 3. The molecular formula is C39H50F3N5O9S. The van der Waals surface area contributed by atoms with E-state index in [1.807, 2.05) is 13.0 Å². The van der Waals surface area contributed by atoms with E-state index in [0.717, 1.165) is 0 Å². The van der Waals surface area contributed by atoms with Crippen LogP contribution in [0.1, 0.15) is 79.1 Å². The summed E-state index contributed by atoms with van der Waals surface area (Å²) in [5.74, 6) is -2.81. The molecule has 0 radical (unpaired) electrons. The van der Waals surface area contributed by atoms with Crippen molar-refractivity contribution in [3.8, 4) is 11.6 Å². The number of nitrogens with zero attached hydrogens (tertiary/aromatic N) is 2. The fourth-order valence-electron chi connectivity index (χ4n) is 7.74. The minimum absolute atomic E-state index is 0.0277. The van der Waals surface area contributed by atoms with Gasteiger partial charge in [-0.25, -0.2) is 18.2 Å². The van der Waals surface area contributed by atoms with Gasteiger partial charge in [-0.15, -0.1) is 0 Å². The van der Waals surface area contributed by atoms with E-state index in [1.165, 1.54) is 18.2 Å². The first kappa shape index (κ1) is 42.0. The summed E-state index contributed by atoms with van der Waals surface area (Å²) in [6, 6.07) is 4.30. The van der Waals surface area contributed by atoms with E-state index in [0.29, 0.717) is 68.9 Å². The Bertz CT molecular complexity index is 2020. The van der Waals surface area contributed by atoms with Gasteiger partial charge < -0.3 is 29.7 Å². The number of methoxy groups -OCH3 is 1. The molecule has 57 heavy (non-hydrogen) atoms. The van der Waals surface area contributed by atoms with E-state index in [4.69, 9.17) is 14.2 Å². The highest BCUT2D eigenvalue weighted by Crippen LogP contribution is 2.46. The fourth-order valence-corrected chi connectivity index (χ4v) is 9.11. The Morgan fingerprint density at radius 3 is 2.49 bits per heavy atom. The van der Waals surface area contributed by atoms with E-state index in [2.05, 4.69) is 20.3 Å². The minimum atomic E-state index is -4.91. The molecule has 7 unspecified atom stereocenters. The number of ether oxygens (including phenoxy) is 3. The standard InChI is InChI=1S/C39H50F3N5O9S/c1-6-23-18-22(2)10-7-8-11-24-20-38(24,35(50)46-57(52,53)26-14-15-26)45-32(48)29-19-25(55-33-28-12-9-13-30(54-5)27(28)16-17-43-33)21-47(29)34(49)31(23)44-36(51)56-37(3,4)39(40,41)42/h8-9,11-13,16-17,22-26,29,31H,6-7,10,14-15,18-21H2,1-5H3,(H,44,51)(H,45,48)(H,46,50). The molecule has 2 aromatic rings. The lowest BCUT2D eigenvalue weighted by molar-refractivity contribution is -0.244. The van der Waals surface area contributed by atoms with E-state index in [1.54, 1.807) is 37.3 Å². The van der Waals surface area contributed by atoms with Gasteiger partial charge in [0.1, 0.15) is 29.5 Å². The number of carbonyl (C=O) groups is 4. The molecule has 3 fully saturated rings. The van der Waals surface area contributed by atoms with Crippen LogP contribution in [0.4, 0.5) is 18.0 Å². The Labute approximate surface area is 329 Å². The summed E-state index contributed by atoms with van der Waals surface area (Å²) in [7, 11) is -2.46.